The molecule has 8 heteroatoms. The fraction of sp³-hybridized carbons (Fsp3) is 0.667. The van der Waals surface area contributed by atoms with E-state index in [-0.39, 0.29) is 23.7 Å². The Labute approximate surface area is 226 Å². The number of fused-ring (bicyclic) bond motifs is 1. The van der Waals surface area contributed by atoms with Gasteiger partial charge in [0, 0.05) is 18.5 Å². The van der Waals surface area contributed by atoms with Crippen LogP contribution in [0, 0.1) is 17.8 Å². The quantitative estimate of drug-likeness (QED) is 0.325. The van der Waals surface area contributed by atoms with E-state index >= 15 is 0 Å². The molecule has 1 fully saturated rings. The molecule has 2 aliphatic carbocycles. The molecule has 1 unspecified atom stereocenters. The Hall–Kier alpha value is -2.90. The van der Waals surface area contributed by atoms with E-state index in [1.54, 1.807) is 4.90 Å². The number of nitrogens with zero attached hydrogens (tertiary/aromatic N) is 3. The number of carboxylic acids is 1. The number of hydrogen-bond acceptors (Lipinski definition) is 6. The first-order valence-corrected chi connectivity index (χ1v) is 14.7. The molecule has 0 aromatic carbocycles. The highest BCUT2D eigenvalue weighted by Gasteiger charge is 2.32. The molecule has 1 atom stereocenters. The molecular formula is C30H44N4O4. The van der Waals surface area contributed by atoms with Gasteiger partial charge in [0.1, 0.15) is 23.8 Å². The van der Waals surface area contributed by atoms with Crippen molar-refractivity contribution in [2.45, 2.75) is 96.8 Å². The van der Waals surface area contributed by atoms with Gasteiger partial charge < -0.3 is 20.5 Å². The zero-order chi connectivity index (χ0) is 26.9. The van der Waals surface area contributed by atoms with Crippen LogP contribution in [0.5, 0.6) is 5.88 Å². The van der Waals surface area contributed by atoms with E-state index in [4.69, 9.17) is 15.6 Å². The van der Waals surface area contributed by atoms with Crippen molar-refractivity contribution in [1.29, 1.82) is 0 Å². The average molecular weight is 525 g/mol. The van der Waals surface area contributed by atoms with Gasteiger partial charge in [0.25, 0.3) is 5.91 Å². The van der Waals surface area contributed by atoms with Crippen molar-refractivity contribution in [3.05, 3.63) is 35.3 Å². The van der Waals surface area contributed by atoms with Gasteiger partial charge in [-0.1, -0.05) is 57.6 Å². The van der Waals surface area contributed by atoms with Gasteiger partial charge in [0.05, 0.1) is 6.54 Å². The van der Waals surface area contributed by atoms with Gasteiger partial charge in [0.2, 0.25) is 5.88 Å². The number of aliphatic carboxylic acids is 1. The molecule has 3 aliphatic rings. The topological polar surface area (TPSA) is 119 Å². The van der Waals surface area contributed by atoms with Crippen LogP contribution in [0.1, 0.15) is 107 Å². The van der Waals surface area contributed by atoms with Gasteiger partial charge in [-0.05, 0) is 62.4 Å². The number of aryl methyl sites for hydroxylation is 1. The third kappa shape index (κ3) is 7.35. The number of unbranched alkanes of at least 4 members (excludes halogenated alkanes) is 6. The third-order valence-electron chi connectivity index (χ3n) is 8.35. The molecule has 4 rings (SSSR count). The summed E-state index contributed by atoms with van der Waals surface area (Å²) in [7, 11) is 0. The maximum Gasteiger partial charge on any atom is 0.303 e. The number of anilines is 1. The second kappa shape index (κ2) is 13.8. The van der Waals surface area contributed by atoms with Gasteiger partial charge in [-0.2, -0.15) is 4.98 Å². The van der Waals surface area contributed by atoms with E-state index < -0.39 is 5.97 Å². The van der Waals surface area contributed by atoms with Crippen molar-refractivity contribution in [3.63, 3.8) is 0 Å². The summed E-state index contributed by atoms with van der Waals surface area (Å²) < 4.78 is 5.90. The van der Waals surface area contributed by atoms with Crippen molar-refractivity contribution in [1.82, 2.24) is 14.9 Å². The van der Waals surface area contributed by atoms with Gasteiger partial charge in [-0.25, -0.2) is 4.98 Å². The molecule has 0 bridgehead atoms. The Morgan fingerprint density at radius 3 is 2.53 bits per heavy atom. The summed E-state index contributed by atoms with van der Waals surface area (Å²) in [6, 6.07) is 0. The number of amides is 1. The largest absolute Gasteiger partial charge is 0.481 e. The average Bonchev–Trinajstić information content (AvgIpc) is 3.07. The Balaban J connectivity index is 1.32. The van der Waals surface area contributed by atoms with Crippen LogP contribution in [0.2, 0.25) is 0 Å². The monoisotopic (exact) mass is 524 g/mol. The number of carbonyl (C=O) groups is 2. The van der Waals surface area contributed by atoms with Crippen LogP contribution in [0.3, 0.4) is 0 Å². The molecule has 3 N–H and O–H groups in total. The number of rotatable bonds is 12. The van der Waals surface area contributed by atoms with Gasteiger partial charge in [0.15, 0.2) is 0 Å². The van der Waals surface area contributed by atoms with Gasteiger partial charge in [-0.3, -0.25) is 9.59 Å². The lowest BCUT2D eigenvalue weighted by Gasteiger charge is -2.33. The van der Waals surface area contributed by atoms with Crippen LogP contribution in [-0.4, -0.2) is 45.0 Å². The highest BCUT2D eigenvalue weighted by atomic mass is 16.5. The summed E-state index contributed by atoms with van der Waals surface area (Å²) in [5.41, 5.74) is 7.42. The molecule has 2 heterocycles. The standard InChI is InChI=1S/C30H44N4O4/c1-2-3-4-5-6-7-8-9-25-32-28(31)27-29(33-25)38-19-18-34(30(27)37)24-16-14-23(15-17-24)22-12-10-21(11-13-22)20-26(35)36/h14,16-17,21-23H,2-13,15,18-20H2,1H3,(H,35,36)(H2,31,32,33). The van der Waals surface area contributed by atoms with Crippen LogP contribution in [0.15, 0.2) is 23.9 Å². The summed E-state index contributed by atoms with van der Waals surface area (Å²) in [5, 5.41) is 9.07. The molecule has 0 spiro atoms. The van der Waals surface area contributed by atoms with Crippen LogP contribution in [0.4, 0.5) is 5.82 Å². The highest BCUT2D eigenvalue weighted by molar-refractivity contribution is 6.01. The van der Waals surface area contributed by atoms with E-state index in [1.165, 1.54) is 32.1 Å². The highest BCUT2D eigenvalue weighted by Crippen LogP contribution is 2.39. The van der Waals surface area contributed by atoms with E-state index in [0.29, 0.717) is 42.6 Å². The van der Waals surface area contributed by atoms with Crippen LogP contribution in [-0.2, 0) is 11.2 Å². The summed E-state index contributed by atoms with van der Waals surface area (Å²) >= 11 is 0. The summed E-state index contributed by atoms with van der Waals surface area (Å²) in [5.74, 6) is 1.55. The number of nitrogen functional groups attached to an aromatic ring is 1. The number of hydrogen-bond donors (Lipinski definition) is 2. The molecular weight excluding hydrogens is 480 g/mol. The van der Waals surface area contributed by atoms with Gasteiger partial charge in [-0.15, -0.1) is 0 Å². The summed E-state index contributed by atoms with van der Waals surface area (Å²) in [6.07, 6.45) is 20.9. The smallest absolute Gasteiger partial charge is 0.303 e. The maximum atomic E-state index is 13.5. The SMILES string of the molecule is CCCCCCCCCc1nc(N)c2c(n1)OCCN(C1=CCC(C3CCC(CC(=O)O)CC3)C=C1)C2=O. The van der Waals surface area contributed by atoms with Crippen molar-refractivity contribution < 1.29 is 19.4 Å². The van der Waals surface area contributed by atoms with Crippen LogP contribution >= 0.6 is 0 Å². The lowest BCUT2D eigenvalue weighted by Crippen LogP contribution is -2.33. The van der Waals surface area contributed by atoms with Crippen molar-refractivity contribution in [2.75, 3.05) is 18.9 Å². The number of nitrogens with two attached hydrogens (primary N) is 1. The zero-order valence-corrected chi connectivity index (χ0v) is 22.9. The Bertz CT molecular complexity index is 1030. The van der Waals surface area contributed by atoms with E-state index in [9.17, 15) is 9.59 Å². The first kappa shape index (κ1) is 28.1. The maximum absolute atomic E-state index is 13.5. The predicted octanol–water partition coefficient (Wildman–Crippen LogP) is 5.93. The molecule has 8 nitrogen and oxygen atoms in total. The molecule has 1 aromatic heterocycles. The number of aromatic nitrogens is 2. The fourth-order valence-electron chi connectivity index (χ4n) is 6.12. The second-order valence-corrected chi connectivity index (χ2v) is 11.1. The molecule has 1 amide bonds. The van der Waals surface area contributed by atoms with Crippen molar-refractivity contribution in [3.8, 4) is 5.88 Å². The zero-order valence-electron chi connectivity index (χ0n) is 22.9. The summed E-state index contributed by atoms with van der Waals surface area (Å²) in [4.78, 5) is 35.3. The molecule has 38 heavy (non-hydrogen) atoms. The molecule has 0 radical (unpaired) electrons. The third-order valence-corrected chi connectivity index (χ3v) is 8.35. The fourth-order valence-corrected chi connectivity index (χ4v) is 6.12. The second-order valence-electron chi connectivity index (χ2n) is 11.1. The number of allylic oxidation sites excluding steroid dienone is 3. The van der Waals surface area contributed by atoms with E-state index in [1.807, 2.05) is 6.08 Å². The van der Waals surface area contributed by atoms with Crippen molar-refractivity contribution >= 4 is 17.7 Å². The normalized spacial score (nSPS) is 23.4. The first-order chi connectivity index (χ1) is 18.5. The Kier molecular flexibility index (Phi) is 10.2. The van der Waals surface area contributed by atoms with E-state index in [0.717, 1.165) is 57.1 Å². The summed E-state index contributed by atoms with van der Waals surface area (Å²) in [6.45, 7) is 3.02. The predicted molar refractivity (Wildman–Crippen MR) is 148 cm³/mol. The van der Waals surface area contributed by atoms with Gasteiger partial charge >= 0.3 is 5.97 Å². The lowest BCUT2D eigenvalue weighted by atomic mass is 9.73. The molecule has 208 valence electrons. The minimum absolute atomic E-state index is 0.196. The van der Waals surface area contributed by atoms with Crippen LogP contribution < -0.4 is 10.5 Å². The van der Waals surface area contributed by atoms with E-state index in [2.05, 4.69) is 29.0 Å². The molecule has 1 saturated carbocycles. The molecule has 0 saturated heterocycles. The number of carbonyl (C=O) groups excluding carboxylic acids is 1. The number of ether oxygens (including phenoxy) is 1. The Morgan fingerprint density at radius 1 is 1.11 bits per heavy atom. The Morgan fingerprint density at radius 2 is 1.84 bits per heavy atom. The molecule has 1 aromatic rings. The first-order valence-electron chi connectivity index (χ1n) is 14.7. The van der Waals surface area contributed by atoms with Crippen molar-refractivity contribution in [2.24, 2.45) is 17.8 Å². The number of carboxylic acid groups (broad SMARTS) is 1. The molecule has 1 aliphatic heterocycles. The van der Waals surface area contributed by atoms with Crippen LogP contribution in [0.25, 0.3) is 0 Å². The minimum atomic E-state index is -0.693. The minimum Gasteiger partial charge on any atom is -0.481 e. The lowest BCUT2D eigenvalue weighted by molar-refractivity contribution is -0.138.